The number of hydrogen-bond donors (Lipinski definition) is 1. The minimum atomic E-state index is -0.781. The molecule has 5 rings (SSSR count). The van der Waals surface area contributed by atoms with Crippen LogP contribution in [-0.4, -0.2) is 47.9 Å². The molecule has 3 aromatic rings. The van der Waals surface area contributed by atoms with Crippen molar-refractivity contribution in [2.24, 2.45) is 10.5 Å². The first-order valence-electron chi connectivity index (χ1n) is 13.9. The smallest absolute Gasteiger partial charge is 0.337 e. The molecule has 41 heavy (non-hydrogen) atoms. The lowest BCUT2D eigenvalue weighted by atomic mass is 9.77. The van der Waals surface area contributed by atoms with Crippen molar-refractivity contribution in [2.75, 3.05) is 19.0 Å². The van der Waals surface area contributed by atoms with Gasteiger partial charge in [-0.2, -0.15) is 5.10 Å². The van der Waals surface area contributed by atoms with Crippen molar-refractivity contribution in [1.82, 2.24) is 5.01 Å². The molecule has 1 fully saturated rings. The Hall–Kier alpha value is -4.59. The summed E-state index contributed by atoms with van der Waals surface area (Å²) < 4.78 is 4.77. The topological polar surface area (TPSA) is 105 Å². The van der Waals surface area contributed by atoms with Crippen LogP contribution in [-0.2, 0) is 19.1 Å². The van der Waals surface area contributed by atoms with Crippen molar-refractivity contribution >= 4 is 35.0 Å². The number of carbonyl (C=O) groups is 4. The third-order valence-electron chi connectivity index (χ3n) is 8.04. The van der Waals surface area contributed by atoms with Gasteiger partial charge >= 0.3 is 5.97 Å². The summed E-state index contributed by atoms with van der Waals surface area (Å²) in [6.07, 6.45) is 3.68. The molecule has 2 aliphatic rings. The highest BCUT2D eigenvalue weighted by atomic mass is 16.5. The van der Waals surface area contributed by atoms with Crippen LogP contribution in [0.1, 0.15) is 72.0 Å². The van der Waals surface area contributed by atoms with E-state index in [-0.39, 0.29) is 24.3 Å². The van der Waals surface area contributed by atoms with E-state index in [1.807, 2.05) is 61.5 Å². The number of fused-ring (bicyclic) bond motifs is 1. The van der Waals surface area contributed by atoms with Gasteiger partial charge in [0.25, 0.3) is 5.91 Å². The molecule has 0 saturated heterocycles. The largest absolute Gasteiger partial charge is 0.465 e. The van der Waals surface area contributed by atoms with Crippen molar-refractivity contribution in [2.45, 2.75) is 44.9 Å². The van der Waals surface area contributed by atoms with E-state index in [2.05, 4.69) is 5.32 Å². The first-order chi connectivity index (χ1) is 19.8. The molecule has 8 heteroatoms. The average Bonchev–Trinajstić information content (AvgIpc) is 3.41. The number of anilines is 1. The number of rotatable bonds is 8. The molecule has 0 aromatic heterocycles. The second-order valence-electron chi connectivity index (χ2n) is 10.9. The lowest BCUT2D eigenvalue weighted by molar-refractivity contribution is -0.138. The molecule has 1 N–H and O–H groups in total. The van der Waals surface area contributed by atoms with Gasteiger partial charge in [-0.25, -0.2) is 9.80 Å². The van der Waals surface area contributed by atoms with E-state index in [0.717, 1.165) is 42.4 Å². The van der Waals surface area contributed by atoms with Crippen LogP contribution in [0.15, 0.2) is 84.0 Å². The monoisotopic (exact) mass is 551 g/mol. The molecule has 3 aromatic carbocycles. The molecular weight excluding hydrogens is 518 g/mol. The van der Waals surface area contributed by atoms with Crippen LogP contribution < -0.4 is 5.32 Å². The van der Waals surface area contributed by atoms with Crippen molar-refractivity contribution in [1.29, 1.82) is 0 Å². The molecule has 0 spiro atoms. The van der Waals surface area contributed by atoms with E-state index in [1.165, 1.54) is 18.2 Å². The van der Waals surface area contributed by atoms with Crippen molar-refractivity contribution in [3.05, 3.63) is 101 Å². The Morgan fingerprint density at radius 3 is 2.41 bits per heavy atom. The van der Waals surface area contributed by atoms with Crippen molar-refractivity contribution in [3.63, 3.8) is 0 Å². The van der Waals surface area contributed by atoms with Gasteiger partial charge in [-0.3, -0.25) is 14.4 Å². The maximum atomic E-state index is 14.1. The van der Waals surface area contributed by atoms with E-state index in [0.29, 0.717) is 11.4 Å². The number of ether oxygens (including phenoxy) is 1. The number of Topliss-reactive ketones (excluding diaryl/α,β-unsaturated/α-hetero) is 1. The molecule has 210 valence electrons. The lowest BCUT2D eigenvalue weighted by Crippen LogP contribution is -2.38. The van der Waals surface area contributed by atoms with E-state index in [4.69, 9.17) is 9.84 Å². The third kappa shape index (κ3) is 5.96. The maximum Gasteiger partial charge on any atom is 0.337 e. The summed E-state index contributed by atoms with van der Waals surface area (Å²) in [6, 6.07) is 23.4. The fraction of sp³-hybridized carbons (Fsp3) is 0.303. The number of esters is 1. The van der Waals surface area contributed by atoms with Gasteiger partial charge in [0.15, 0.2) is 0 Å². The number of nitrogens with one attached hydrogen (secondary N) is 1. The molecular formula is C33H33N3O5. The fourth-order valence-corrected chi connectivity index (χ4v) is 5.72. The summed E-state index contributed by atoms with van der Waals surface area (Å²) in [5, 5.41) is 8.67. The zero-order valence-corrected chi connectivity index (χ0v) is 23.3. The first kappa shape index (κ1) is 28.0. The molecule has 1 saturated carbocycles. The van der Waals surface area contributed by atoms with Gasteiger partial charge in [0.2, 0.25) is 5.91 Å². The predicted molar refractivity (Wildman–Crippen MR) is 156 cm³/mol. The molecule has 0 bridgehead atoms. The molecule has 1 atom stereocenters. The zero-order valence-electron chi connectivity index (χ0n) is 23.3. The van der Waals surface area contributed by atoms with Crippen LogP contribution in [0.5, 0.6) is 0 Å². The molecule has 8 nitrogen and oxygen atoms in total. The highest BCUT2D eigenvalue weighted by Gasteiger charge is 2.41. The zero-order chi connectivity index (χ0) is 29.0. The van der Waals surface area contributed by atoms with E-state index in [1.54, 1.807) is 18.2 Å². The van der Waals surface area contributed by atoms with Crippen LogP contribution in [0.25, 0.3) is 0 Å². The molecule has 1 aliphatic carbocycles. The highest BCUT2D eigenvalue weighted by Crippen LogP contribution is 2.42. The summed E-state index contributed by atoms with van der Waals surface area (Å²) in [5.74, 6) is -2.14. The fourth-order valence-electron chi connectivity index (χ4n) is 5.72. The van der Waals surface area contributed by atoms with Gasteiger partial charge in [0.05, 0.1) is 24.3 Å². The second-order valence-corrected chi connectivity index (χ2v) is 10.9. The minimum absolute atomic E-state index is 0.0449. The standard InChI is InChI=1S/C33H33N3O5/c1-33(17-8-9-18-33)28(37)20-27-25-15-6-7-16-26(25)30(22-11-4-3-5-12-22)35-36(31(27)39)21-29(38)34-24-14-10-13-23(19-24)32(40)41-2/h3-7,10-16,19,27H,8-9,17-18,20-21H2,1-2H3,(H,34,38). The summed E-state index contributed by atoms with van der Waals surface area (Å²) in [6.45, 7) is 1.63. The normalized spacial score (nSPS) is 17.7. The van der Waals surface area contributed by atoms with Crippen LogP contribution in [0, 0.1) is 5.41 Å². The SMILES string of the molecule is COC(=O)c1cccc(NC(=O)CN2N=C(c3ccccc3)c3ccccc3C(CC(=O)C3(C)CCCC3)C2=O)c1. The van der Waals surface area contributed by atoms with Crippen LogP contribution >= 0.6 is 0 Å². The van der Waals surface area contributed by atoms with E-state index < -0.39 is 29.1 Å². The first-order valence-corrected chi connectivity index (χ1v) is 13.9. The summed E-state index contributed by atoms with van der Waals surface area (Å²) >= 11 is 0. The quantitative estimate of drug-likeness (QED) is 0.381. The summed E-state index contributed by atoms with van der Waals surface area (Å²) in [5.41, 5.74) is 3.05. The third-order valence-corrected chi connectivity index (χ3v) is 8.04. The Bertz CT molecular complexity index is 1510. The Morgan fingerprint density at radius 1 is 0.976 bits per heavy atom. The molecule has 1 unspecified atom stereocenters. The molecule has 2 amide bonds. The predicted octanol–water partition coefficient (Wildman–Crippen LogP) is 5.33. The number of hydrogen-bond acceptors (Lipinski definition) is 6. The Labute approximate surface area is 239 Å². The lowest BCUT2D eigenvalue weighted by Gasteiger charge is -2.26. The Morgan fingerprint density at radius 2 is 1.68 bits per heavy atom. The van der Waals surface area contributed by atoms with E-state index in [9.17, 15) is 19.2 Å². The van der Waals surface area contributed by atoms with Gasteiger partial charge < -0.3 is 10.1 Å². The van der Waals surface area contributed by atoms with Gasteiger partial charge in [-0.05, 0) is 36.6 Å². The number of benzene rings is 3. The van der Waals surface area contributed by atoms with Crippen LogP contribution in [0.3, 0.4) is 0 Å². The summed E-state index contributed by atoms with van der Waals surface area (Å²) in [4.78, 5) is 52.9. The number of amides is 2. The number of nitrogens with zero attached hydrogens (tertiary/aromatic N) is 2. The Balaban J connectivity index is 1.50. The van der Waals surface area contributed by atoms with Gasteiger partial charge in [-0.1, -0.05) is 80.4 Å². The van der Waals surface area contributed by atoms with Crippen molar-refractivity contribution in [3.8, 4) is 0 Å². The molecule has 0 radical (unpaired) electrons. The highest BCUT2D eigenvalue weighted by molar-refractivity contribution is 6.16. The Kier molecular flexibility index (Phi) is 8.10. The van der Waals surface area contributed by atoms with Gasteiger partial charge in [-0.15, -0.1) is 0 Å². The molecule has 1 heterocycles. The van der Waals surface area contributed by atoms with Crippen LogP contribution in [0.4, 0.5) is 5.69 Å². The second kappa shape index (κ2) is 11.9. The minimum Gasteiger partial charge on any atom is -0.465 e. The number of ketones is 1. The average molecular weight is 552 g/mol. The number of hydrazone groups is 1. The number of carbonyl (C=O) groups excluding carboxylic acids is 4. The van der Waals surface area contributed by atoms with Crippen molar-refractivity contribution < 1.29 is 23.9 Å². The van der Waals surface area contributed by atoms with E-state index >= 15 is 0 Å². The maximum absolute atomic E-state index is 14.1. The number of methoxy groups -OCH3 is 1. The summed E-state index contributed by atoms with van der Waals surface area (Å²) in [7, 11) is 1.28. The van der Waals surface area contributed by atoms with Gasteiger partial charge in [0, 0.05) is 28.7 Å². The van der Waals surface area contributed by atoms with Gasteiger partial charge in [0.1, 0.15) is 12.3 Å². The molecule has 1 aliphatic heterocycles. The van der Waals surface area contributed by atoms with Crippen LogP contribution in [0.2, 0.25) is 0 Å².